The van der Waals surface area contributed by atoms with Gasteiger partial charge in [0.1, 0.15) is 0 Å². The minimum Gasteiger partial charge on any atom is -0.326 e. The Kier molecular flexibility index (Phi) is 2.46. The van der Waals surface area contributed by atoms with E-state index in [1.807, 2.05) is 6.21 Å². The minimum absolute atomic E-state index is 0.606. The third-order valence-corrected chi connectivity index (χ3v) is 2.56. The summed E-state index contributed by atoms with van der Waals surface area (Å²) >= 11 is 0. The van der Waals surface area contributed by atoms with E-state index < -0.39 is 0 Å². The van der Waals surface area contributed by atoms with Gasteiger partial charge in [0.25, 0.3) is 0 Å². The van der Waals surface area contributed by atoms with Gasteiger partial charge in [0.2, 0.25) is 0 Å². The lowest BCUT2D eigenvalue weighted by Crippen LogP contribution is -1.95. The number of aliphatic imine (C=N–C) groups is 1. The lowest BCUT2D eigenvalue weighted by atomic mass is 10.0. The standard InChI is InChI=1S/C12H14N2/c1-9-12(6-7-14-9)11-4-2-10(8-13)3-5-11/h2-5,7H,6,8,13H2,1H3. The van der Waals surface area contributed by atoms with E-state index in [4.69, 9.17) is 5.73 Å². The van der Waals surface area contributed by atoms with Crippen molar-refractivity contribution in [2.75, 3.05) is 0 Å². The molecule has 2 N–H and O–H groups in total. The maximum absolute atomic E-state index is 5.54. The van der Waals surface area contributed by atoms with Crippen LogP contribution in [-0.2, 0) is 6.54 Å². The summed E-state index contributed by atoms with van der Waals surface area (Å²) in [7, 11) is 0. The van der Waals surface area contributed by atoms with Gasteiger partial charge in [0.05, 0.1) is 0 Å². The largest absolute Gasteiger partial charge is 0.326 e. The van der Waals surface area contributed by atoms with Gasteiger partial charge in [-0.15, -0.1) is 0 Å². The molecule has 0 fully saturated rings. The maximum Gasteiger partial charge on any atom is 0.0410 e. The first-order valence-electron chi connectivity index (χ1n) is 4.83. The SMILES string of the molecule is CC1=C(c2ccc(CN)cc2)CC=N1. The lowest BCUT2D eigenvalue weighted by molar-refractivity contribution is 1.07. The Balaban J connectivity index is 2.30. The highest BCUT2D eigenvalue weighted by atomic mass is 14.7. The first-order valence-corrected chi connectivity index (χ1v) is 4.83. The molecule has 14 heavy (non-hydrogen) atoms. The van der Waals surface area contributed by atoms with Crippen molar-refractivity contribution in [3.05, 3.63) is 41.1 Å². The maximum atomic E-state index is 5.54. The Morgan fingerprint density at radius 1 is 1.29 bits per heavy atom. The molecule has 0 unspecified atom stereocenters. The van der Waals surface area contributed by atoms with Crippen molar-refractivity contribution in [3.8, 4) is 0 Å². The van der Waals surface area contributed by atoms with E-state index in [1.165, 1.54) is 16.7 Å². The minimum atomic E-state index is 0.606. The number of rotatable bonds is 2. The molecule has 1 heterocycles. The molecular formula is C12H14N2. The Morgan fingerprint density at radius 3 is 2.50 bits per heavy atom. The molecule has 1 aromatic carbocycles. The van der Waals surface area contributed by atoms with Crippen LogP contribution < -0.4 is 5.73 Å². The molecule has 2 heteroatoms. The first kappa shape index (κ1) is 9.16. The summed E-state index contributed by atoms with van der Waals surface area (Å²) in [5.41, 5.74) is 10.4. The molecule has 0 amide bonds. The van der Waals surface area contributed by atoms with Crippen molar-refractivity contribution < 1.29 is 0 Å². The zero-order chi connectivity index (χ0) is 9.97. The zero-order valence-electron chi connectivity index (χ0n) is 8.33. The highest BCUT2D eigenvalue weighted by Crippen LogP contribution is 2.26. The monoisotopic (exact) mass is 186 g/mol. The fourth-order valence-electron chi connectivity index (χ4n) is 1.67. The molecule has 2 rings (SSSR count). The summed E-state index contributed by atoms with van der Waals surface area (Å²) in [6.45, 7) is 2.66. The summed E-state index contributed by atoms with van der Waals surface area (Å²) in [5.74, 6) is 0. The van der Waals surface area contributed by atoms with Crippen LogP contribution in [0.3, 0.4) is 0 Å². The van der Waals surface area contributed by atoms with Crippen molar-refractivity contribution in [2.24, 2.45) is 10.7 Å². The number of nitrogens with zero attached hydrogens (tertiary/aromatic N) is 1. The van der Waals surface area contributed by atoms with Crippen molar-refractivity contribution in [1.29, 1.82) is 0 Å². The molecule has 0 aliphatic carbocycles. The van der Waals surface area contributed by atoms with E-state index in [-0.39, 0.29) is 0 Å². The highest BCUT2D eigenvalue weighted by Gasteiger charge is 2.08. The summed E-state index contributed by atoms with van der Waals surface area (Å²) in [5, 5.41) is 0. The number of nitrogens with two attached hydrogens (primary N) is 1. The molecular weight excluding hydrogens is 172 g/mol. The summed E-state index contributed by atoms with van der Waals surface area (Å²) in [4.78, 5) is 4.27. The first-order chi connectivity index (χ1) is 6.81. The fourth-order valence-corrected chi connectivity index (χ4v) is 1.67. The van der Waals surface area contributed by atoms with Gasteiger partial charge in [-0.1, -0.05) is 24.3 Å². The Bertz CT molecular complexity index is 385. The van der Waals surface area contributed by atoms with Gasteiger partial charge in [-0.25, -0.2) is 0 Å². The molecule has 2 nitrogen and oxygen atoms in total. The van der Waals surface area contributed by atoms with E-state index in [0.29, 0.717) is 6.54 Å². The van der Waals surface area contributed by atoms with Crippen molar-refractivity contribution in [1.82, 2.24) is 0 Å². The zero-order valence-corrected chi connectivity index (χ0v) is 8.33. The molecule has 1 aromatic rings. The Labute approximate surface area is 84.2 Å². The summed E-state index contributed by atoms with van der Waals surface area (Å²) in [6, 6.07) is 8.40. The van der Waals surface area contributed by atoms with Crippen molar-refractivity contribution >= 4 is 11.8 Å². The second-order valence-corrected chi connectivity index (χ2v) is 3.48. The molecule has 0 saturated heterocycles. The van der Waals surface area contributed by atoms with Crippen molar-refractivity contribution in [3.63, 3.8) is 0 Å². The Hall–Kier alpha value is -1.41. The van der Waals surface area contributed by atoms with E-state index in [9.17, 15) is 0 Å². The fraction of sp³-hybridized carbons (Fsp3) is 0.250. The van der Waals surface area contributed by atoms with Crippen LogP contribution in [0.2, 0.25) is 0 Å². The summed E-state index contributed by atoms with van der Waals surface area (Å²) in [6.07, 6.45) is 2.91. The molecule has 0 saturated carbocycles. The van der Waals surface area contributed by atoms with Crippen LogP contribution in [-0.4, -0.2) is 6.21 Å². The van der Waals surface area contributed by atoms with E-state index in [1.54, 1.807) is 0 Å². The van der Waals surface area contributed by atoms with Gasteiger partial charge < -0.3 is 5.73 Å². The number of allylic oxidation sites excluding steroid dienone is 2. The number of hydrogen-bond acceptors (Lipinski definition) is 2. The van der Waals surface area contributed by atoms with Crippen LogP contribution in [0.15, 0.2) is 35.0 Å². The third kappa shape index (κ3) is 1.61. The van der Waals surface area contributed by atoms with Crippen LogP contribution in [0.4, 0.5) is 0 Å². The smallest absolute Gasteiger partial charge is 0.0410 e. The predicted octanol–water partition coefficient (Wildman–Crippen LogP) is 2.35. The van der Waals surface area contributed by atoms with Gasteiger partial charge in [0, 0.05) is 24.9 Å². The van der Waals surface area contributed by atoms with E-state index in [2.05, 4.69) is 36.2 Å². The summed E-state index contributed by atoms with van der Waals surface area (Å²) < 4.78 is 0. The molecule has 0 atom stereocenters. The lowest BCUT2D eigenvalue weighted by Gasteiger charge is -2.04. The third-order valence-electron chi connectivity index (χ3n) is 2.56. The van der Waals surface area contributed by atoms with Gasteiger partial charge in [-0.3, -0.25) is 4.99 Å². The highest BCUT2D eigenvalue weighted by molar-refractivity contribution is 5.86. The predicted molar refractivity (Wildman–Crippen MR) is 60.0 cm³/mol. The van der Waals surface area contributed by atoms with E-state index >= 15 is 0 Å². The quantitative estimate of drug-likeness (QED) is 0.756. The normalized spacial score (nSPS) is 15.3. The molecule has 1 aliphatic heterocycles. The second kappa shape index (κ2) is 3.76. The van der Waals surface area contributed by atoms with Gasteiger partial charge in [-0.2, -0.15) is 0 Å². The number of hydrogen-bond donors (Lipinski definition) is 1. The Morgan fingerprint density at radius 2 is 2.00 bits per heavy atom. The van der Waals surface area contributed by atoms with Crippen LogP contribution in [0.25, 0.3) is 5.57 Å². The molecule has 0 bridgehead atoms. The van der Waals surface area contributed by atoms with Gasteiger partial charge in [-0.05, 0) is 23.6 Å². The topological polar surface area (TPSA) is 38.4 Å². The van der Waals surface area contributed by atoms with Crippen LogP contribution in [0.1, 0.15) is 24.5 Å². The number of benzene rings is 1. The van der Waals surface area contributed by atoms with Crippen molar-refractivity contribution in [2.45, 2.75) is 19.9 Å². The molecule has 1 aliphatic rings. The van der Waals surface area contributed by atoms with E-state index in [0.717, 1.165) is 12.1 Å². The molecule has 0 spiro atoms. The molecule has 72 valence electrons. The second-order valence-electron chi connectivity index (χ2n) is 3.48. The van der Waals surface area contributed by atoms with Crippen LogP contribution in [0.5, 0.6) is 0 Å². The average Bonchev–Trinajstić information content (AvgIpc) is 2.65. The molecule has 0 aromatic heterocycles. The van der Waals surface area contributed by atoms with Crippen LogP contribution in [0, 0.1) is 0 Å². The van der Waals surface area contributed by atoms with Crippen LogP contribution >= 0.6 is 0 Å². The average molecular weight is 186 g/mol. The molecule has 0 radical (unpaired) electrons. The van der Waals surface area contributed by atoms with Gasteiger partial charge in [0.15, 0.2) is 0 Å². The van der Waals surface area contributed by atoms with Gasteiger partial charge >= 0.3 is 0 Å².